The highest BCUT2D eigenvalue weighted by Crippen LogP contribution is 2.28. The van der Waals surface area contributed by atoms with Crippen molar-refractivity contribution in [3.05, 3.63) is 23.5 Å². The van der Waals surface area contributed by atoms with Crippen molar-refractivity contribution in [2.45, 2.75) is 0 Å². The lowest BCUT2D eigenvalue weighted by atomic mass is 10.2. The van der Waals surface area contributed by atoms with E-state index in [0.717, 1.165) is 0 Å². The van der Waals surface area contributed by atoms with Crippen LogP contribution in [0.1, 0.15) is 0 Å². The summed E-state index contributed by atoms with van der Waals surface area (Å²) in [5, 5.41) is 11.9. The van der Waals surface area contributed by atoms with Gasteiger partial charge < -0.3 is 10.3 Å². The van der Waals surface area contributed by atoms with Crippen molar-refractivity contribution in [2.24, 2.45) is 0 Å². The molecule has 2 aromatic rings. The fourth-order valence-electron chi connectivity index (χ4n) is 1.47. The van der Waals surface area contributed by atoms with Gasteiger partial charge in [0.25, 0.3) is 0 Å². The number of halogens is 1. The molecule has 0 aliphatic heterocycles. The van der Waals surface area contributed by atoms with Crippen molar-refractivity contribution in [3.63, 3.8) is 0 Å². The van der Waals surface area contributed by atoms with Crippen molar-refractivity contribution < 1.29 is 14.8 Å². The van der Waals surface area contributed by atoms with Gasteiger partial charge in [-0.2, -0.15) is 0 Å². The summed E-state index contributed by atoms with van der Waals surface area (Å²) in [6.07, 6.45) is 1.61. The fraction of sp³-hybridized carbons (Fsp3) is 0.100. The Bertz CT molecular complexity index is 598. The van der Waals surface area contributed by atoms with Gasteiger partial charge in [-0.15, -0.1) is 0 Å². The lowest BCUT2D eigenvalue weighted by molar-refractivity contribution is -0.154. The van der Waals surface area contributed by atoms with Crippen molar-refractivity contribution in [2.75, 3.05) is 11.9 Å². The maximum Gasteiger partial charge on any atom is 0.246 e. The molecule has 0 spiro atoms. The molecule has 7 nitrogen and oxygen atoms in total. The largest absolute Gasteiger partial charge is 0.345 e. The van der Waals surface area contributed by atoms with E-state index in [1.54, 1.807) is 12.1 Å². The zero-order chi connectivity index (χ0) is 13.1. The molecule has 1 heterocycles. The lowest BCUT2D eigenvalue weighted by Gasteiger charge is -2.10. The Morgan fingerprint density at radius 2 is 2.39 bits per heavy atom. The van der Waals surface area contributed by atoms with Crippen LogP contribution in [0.3, 0.4) is 0 Å². The van der Waals surface area contributed by atoms with Gasteiger partial charge in [0.05, 0.1) is 22.6 Å². The number of amides is 2. The Morgan fingerprint density at radius 3 is 3.11 bits per heavy atom. The fourth-order valence-corrected chi connectivity index (χ4v) is 1.67. The smallest absolute Gasteiger partial charge is 0.246 e. The molecule has 0 fully saturated rings. The number of nitrogens with one attached hydrogen (secondary N) is 2. The molecule has 3 N–H and O–H groups in total. The summed E-state index contributed by atoms with van der Waals surface area (Å²) in [5.74, 6) is -0.581. The van der Waals surface area contributed by atoms with Crippen molar-refractivity contribution in [1.82, 2.24) is 15.0 Å². The molecular formula is C10H9ClN4O3. The van der Waals surface area contributed by atoms with E-state index >= 15 is 0 Å². The van der Waals surface area contributed by atoms with Gasteiger partial charge in [0.2, 0.25) is 12.3 Å². The van der Waals surface area contributed by atoms with E-state index in [2.05, 4.69) is 15.3 Å². The first-order chi connectivity index (χ1) is 8.61. The lowest BCUT2D eigenvalue weighted by Crippen LogP contribution is -2.29. The van der Waals surface area contributed by atoms with Crippen LogP contribution >= 0.6 is 11.6 Å². The Kier molecular flexibility index (Phi) is 3.45. The molecule has 0 unspecified atom stereocenters. The van der Waals surface area contributed by atoms with Crippen molar-refractivity contribution in [3.8, 4) is 0 Å². The molecule has 0 aliphatic carbocycles. The molecule has 18 heavy (non-hydrogen) atoms. The molecule has 0 bridgehead atoms. The first-order valence-corrected chi connectivity index (χ1v) is 5.32. The number of hydrogen-bond acceptors (Lipinski definition) is 4. The molecule has 0 aliphatic rings. The topological polar surface area (TPSA) is 98.3 Å². The minimum atomic E-state index is -0.581. The van der Waals surface area contributed by atoms with E-state index in [9.17, 15) is 9.59 Å². The number of H-pyrrole nitrogens is 1. The first kappa shape index (κ1) is 12.3. The number of imidazole rings is 1. The predicted molar refractivity (Wildman–Crippen MR) is 64.3 cm³/mol. The number of rotatable bonds is 4. The maximum absolute atomic E-state index is 11.5. The van der Waals surface area contributed by atoms with Gasteiger partial charge in [-0.3, -0.25) is 14.8 Å². The number of nitrogens with zero attached hydrogens (tertiary/aromatic N) is 2. The Morgan fingerprint density at radius 1 is 1.61 bits per heavy atom. The number of carbonyl (C=O) groups is 2. The molecule has 1 aromatic carbocycles. The number of anilines is 1. The van der Waals surface area contributed by atoms with Gasteiger partial charge in [0.15, 0.2) is 0 Å². The summed E-state index contributed by atoms with van der Waals surface area (Å²) in [6.45, 7) is -0.485. The number of benzene rings is 1. The third-order valence-electron chi connectivity index (χ3n) is 2.23. The van der Waals surface area contributed by atoms with E-state index in [-0.39, 0.29) is 11.5 Å². The zero-order valence-electron chi connectivity index (χ0n) is 9.05. The Hall–Kier alpha value is -2.12. The van der Waals surface area contributed by atoms with Crippen LogP contribution in [0.2, 0.25) is 5.02 Å². The predicted octanol–water partition coefficient (Wildman–Crippen LogP) is 1.00. The van der Waals surface area contributed by atoms with E-state index in [0.29, 0.717) is 21.7 Å². The monoisotopic (exact) mass is 268 g/mol. The van der Waals surface area contributed by atoms with Gasteiger partial charge in [-0.25, -0.2) is 10.0 Å². The van der Waals surface area contributed by atoms with Crippen LogP contribution < -0.4 is 5.32 Å². The SMILES string of the molecule is O=CN(O)CC(=O)Nc1c(Cl)ccc2[nH]cnc12. The van der Waals surface area contributed by atoms with Gasteiger partial charge >= 0.3 is 0 Å². The van der Waals surface area contributed by atoms with E-state index in [1.807, 2.05) is 0 Å². The van der Waals surface area contributed by atoms with Crippen LogP contribution in [0.15, 0.2) is 18.5 Å². The van der Waals surface area contributed by atoms with Gasteiger partial charge in [-0.1, -0.05) is 11.6 Å². The summed E-state index contributed by atoms with van der Waals surface area (Å²) < 4.78 is 0. The molecule has 1 aromatic heterocycles. The third-order valence-corrected chi connectivity index (χ3v) is 2.55. The molecule has 94 valence electrons. The second-order valence-electron chi connectivity index (χ2n) is 3.47. The highest BCUT2D eigenvalue weighted by molar-refractivity contribution is 6.35. The third kappa shape index (κ3) is 2.41. The Labute approximate surface area is 106 Å². The molecular weight excluding hydrogens is 260 g/mol. The van der Waals surface area contributed by atoms with Crippen LogP contribution in [0, 0.1) is 0 Å². The Balaban J connectivity index is 2.25. The first-order valence-electron chi connectivity index (χ1n) is 4.94. The van der Waals surface area contributed by atoms with Crippen LogP contribution in [0.4, 0.5) is 5.69 Å². The number of hydroxylamine groups is 2. The molecule has 2 amide bonds. The summed E-state index contributed by atoms with van der Waals surface area (Å²) in [4.78, 5) is 28.6. The number of aromatic amines is 1. The molecule has 0 atom stereocenters. The van der Waals surface area contributed by atoms with E-state index in [4.69, 9.17) is 16.8 Å². The van der Waals surface area contributed by atoms with Gasteiger partial charge in [0.1, 0.15) is 12.1 Å². The van der Waals surface area contributed by atoms with Crippen molar-refractivity contribution >= 4 is 40.6 Å². The van der Waals surface area contributed by atoms with Crippen LogP contribution in [-0.4, -0.2) is 39.1 Å². The highest BCUT2D eigenvalue weighted by atomic mass is 35.5. The highest BCUT2D eigenvalue weighted by Gasteiger charge is 2.13. The maximum atomic E-state index is 11.5. The molecule has 2 rings (SSSR count). The quantitative estimate of drug-likeness (QED) is 0.438. The summed E-state index contributed by atoms with van der Waals surface area (Å²) in [6, 6.07) is 3.33. The zero-order valence-corrected chi connectivity index (χ0v) is 9.81. The second kappa shape index (κ2) is 5.03. The second-order valence-corrected chi connectivity index (χ2v) is 3.88. The number of aromatic nitrogens is 2. The van der Waals surface area contributed by atoms with E-state index in [1.165, 1.54) is 6.33 Å². The molecule has 0 saturated heterocycles. The summed E-state index contributed by atoms with van der Waals surface area (Å²) in [5.41, 5.74) is 1.55. The number of hydrogen-bond donors (Lipinski definition) is 3. The van der Waals surface area contributed by atoms with E-state index < -0.39 is 12.5 Å². The van der Waals surface area contributed by atoms with Gasteiger partial charge in [-0.05, 0) is 12.1 Å². The molecule has 0 saturated carbocycles. The average Bonchev–Trinajstić information content (AvgIpc) is 2.81. The number of carbonyl (C=O) groups excluding carboxylic acids is 2. The molecule has 0 radical (unpaired) electrons. The number of fused-ring (bicyclic) bond motifs is 1. The normalized spacial score (nSPS) is 10.3. The summed E-state index contributed by atoms with van der Waals surface area (Å²) in [7, 11) is 0. The summed E-state index contributed by atoms with van der Waals surface area (Å²) >= 11 is 5.96. The minimum Gasteiger partial charge on any atom is -0.345 e. The average molecular weight is 269 g/mol. The van der Waals surface area contributed by atoms with Gasteiger partial charge in [0, 0.05) is 0 Å². The van der Waals surface area contributed by atoms with Crippen LogP contribution in [0.5, 0.6) is 0 Å². The molecule has 8 heteroatoms. The standard InChI is InChI=1S/C10H9ClN4O3/c11-6-1-2-7-10(13-4-12-7)9(6)14-8(17)3-15(18)5-16/h1-2,4-5,18H,3H2,(H,12,13)(H,14,17). The van der Waals surface area contributed by atoms with Crippen molar-refractivity contribution in [1.29, 1.82) is 0 Å². The van der Waals surface area contributed by atoms with Crippen LogP contribution in [-0.2, 0) is 9.59 Å². The minimum absolute atomic E-state index is 0.135. The van der Waals surface area contributed by atoms with Crippen LogP contribution in [0.25, 0.3) is 11.0 Å².